The van der Waals surface area contributed by atoms with Crippen molar-refractivity contribution in [3.63, 3.8) is 0 Å². The molecule has 6 nitrogen and oxygen atoms in total. The van der Waals surface area contributed by atoms with E-state index in [2.05, 4.69) is 36.4 Å². The molecule has 1 saturated carbocycles. The van der Waals surface area contributed by atoms with Gasteiger partial charge in [0.1, 0.15) is 0 Å². The Bertz CT molecular complexity index is 829. The van der Waals surface area contributed by atoms with Crippen LogP contribution in [0.15, 0.2) is 38.9 Å². The Kier molecular flexibility index (Phi) is 3.07. The zero-order valence-electron chi connectivity index (χ0n) is 10.9. The van der Waals surface area contributed by atoms with Crippen molar-refractivity contribution in [3.05, 3.63) is 28.9 Å². The molecule has 0 atom stereocenters. The molecule has 0 bridgehead atoms. The van der Waals surface area contributed by atoms with Crippen LogP contribution in [0.2, 0.25) is 0 Å². The highest BCUT2D eigenvalue weighted by atomic mass is 79.9. The number of nitrogens with zero attached hydrogens (tertiary/aromatic N) is 5. The Morgan fingerprint density at radius 3 is 3.00 bits per heavy atom. The summed E-state index contributed by atoms with van der Waals surface area (Å²) in [5.41, 5.74) is 7.62. The maximum absolute atomic E-state index is 6.04. The van der Waals surface area contributed by atoms with Gasteiger partial charge in [0.2, 0.25) is 5.16 Å². The number of nitrogen functional groups attached to an aromatic ring is 1. The first kappa shape index (κ1) is 13.0. The van der Waals surface area contributed by atoms with Crippen molar-refractivity contribution in [1.29, 1.82) is 0 Å². The average molecular weight is 363 g/mol. The van der Waals surface area contributed by atoms with Crippen molar-refractivity contribution >= 4 is 44.3 Å². The van der Waals surface area contributed by atoms with Crippen molar-refractivity contribution in [1.82, 2.24) is 25.2 Å². The maximum atomic E-state index is 6.04. The fourth-order valence-corrected chi connectivity index (χ4v) is 3.45. The van der Waals surface area contributed by atoms with E-state index in [9.17, 15) is 0 Å². The van der Waals surface area contributed by atoms with Crippen LogP contribution in [-0.4, -0.2) is 25.2 Å². The van der Waals surface area contributed by atoms with Crippen molar-refractivity contribution < 1.29 is 0 Å². The Morgan fingerprint density at radius 1 is 1.33 bits per heavy atom. The van der Waals surface area contributed by atoms with Crippen molar-refractivity contribution in [2.75, 3.05) is 5.73 Å². The van der Waals surface area contributed by atoms with Crippen LogP contribution < -0.4 is 5.73 Å². The molecular weight excluding hydrogens is 352 g/mol. The van der Waals surface area contributed by atoms with Gasteiger partial charge in [0.05, 0.1) is 11.6 Å². The van der Waals surface area contributed by atoms with E-state index in [4.69, 9.17) is 5.73 Å². The number of hydrogen-bond donors (Lipinski definition) is 1. The Morgan fingerprint density at radius 2 is 2.19 bits per heavy atom. The highest BCUT2D eigenvalue weighted by Gasteiger charge is 2.28. The third-order valence-corrected chi connectivity index (χ3v) is 4.80. The first-order valence-electron chi connectivity index (χ1n) is 6.52. The molecule has 2 N–H and O–H groups in total. The molecule has 3 aromatic rings. The molecule has 21 heavy (non-hydrogen) atoms. The number of tetrazole rings is 1. The monoisotopic (exact) mass is 362 g/mol. The summed E-state index contributed by atoms with van der Waals surface area (Å²) in [6.45, 7) is 0. The molecule has 4 rings (SSSR count). The molecule has 0 radical (unpaired) electrons. The van der Waals surface area contributed by atoms with Gasteiger partial charge in [-0.05, 0) is 69.2 Å². The molecule has 0 unspecified atom stereocenters. The number of aromatic nitrogens is 5. The van der Waals surface area contributed by atoms with Gasteiger partial charge in [-0.25, -0.2) is 4.68 Å². The molecule has 1 aliphatic rings. The predicted octanol–water partition coefficient (Wildman–Crippen LogP) is 3.05. The highest BCUT2D eigenvalue weighted by Crippen LogP contribution is 2.40. The molecule has 106 valence electrons. The number of pyridine rings is 1. The number of benzene rings is 1. The molecular formula is C13H11BrN6S. The molecule has 0 saturated heterocycles. The first-order valence-corrected chi connectivity index (χ1v) is 8.13. The summed E-state index contributed by atoms with van der Waals surface area (Å²) in [4.78, 5) is 5.49. The second-order valence-corrected chi connectivity index (χ2v) is 6.87. The van der Waals surface area contributed by atoms with E-state index in [-0.39, 0.29) is 0 Å². The lowest BCUT2D eigenvalue weighted by Gasteiger charge is -2.08. The summed E-state index contributed by atoms with van der Waals surface area (Å²) < 4.78 is 2.80. The van der Waals surface area contributed by atoms with Gasteiger partial charge in [-0.2, -0.15) is 0 Å². The maximum Gasteiger partial charge on any atom is 0.214 e. The predicted molar refractivity (Wildman–Crippen MR) is 84.1 cm³/mol. The topological polar surface area (TPSA) is 82.5 Å². The highest BCUT2D eigenvalue weighted by molar-refractivity contribution is 9.10. The molecule has 1 fully saturated rings. The second kappa shape index (κ2) is 4.96. The molecule has 0 spiro atoms. The van der Waals surface area contributed by atoms with Crippen LogP contribution in [0.1, 0.15) is 18.9 Å². The largest absolute Gasteiger partial charge is 0.398 e. The van der Waals surface area contributed by atoms with Gasteiger partial charge in [-0.3, -0.25) is 4.98 Å². The van der Waals surface area contributed by atoms with E-state index in [1.54, 1.807) is 6.20 Å². The normalized spacial score (nSPS) is 14.7. The van der Waals surface area contributed by atoms with Gasteiger partial charge < -0.3 is 5.73 Å². The zero-order valence-corrected chi connectivity index (χ0v) is 13.3. The lowest BCUT2D eigenvalue weighted by atomic mass is 10.2. The fourth-order valence-electron chi connectivity index (χ4n) is 2.17. The number of nitrogens with two attached hydrogens (primary N) is 1. The summed E-state index contributed by atoms with van der Waals surface area (Å²) >= 11 is 4.96. The summed E-state index contributed by atoms with van der Waals surface area (Å²) in [7, 11) is 0. The minimum atomic E-state index is 0.449. The molecule has 1 aromatic carbocycles. The van der Waals surface area contributed by atoms with E-state index in [0.717, 1.165) is 38.3 Å². The van der Waals surface area contributed by atoms with Crippen LogP contribution in [0.3, 0.4) is 0 Å². The van der Waals surface area contributed by atoms with Crippen LogP contribution in [0.25, 0.3) is 10.9 Å². The van der Waals surface area contributed by atoms with E-state index in [0.29, 0.717) is 11.7 Å². The lowest BCUT2D eigenvalue weighted by molar-refractivity contribution is 0.565. The Hall–Kier alpha value is -1.67. The average Bonchev–Trinajstić information content (AvgIpc) is 3.22. The van der Waals surface area contributed by atoms with Crippen molar-refractivity contribution in [2.45, 2.75) is 28.9 Å². The van der Waals surface area contributed by atoms with Gasteiger partial charge in [0, 0.05) is 26.6 Å². The van der Waals surface area contributed by atoms with E-state index >= 15 is 0 Å². The van der Waals surface area contributed by atoms with E-state index in [1.807, 2.05) is 22.9 Å². The molecule has 2 aromatic heterocycles. The second-order valence-electron chi connectivity index (χ2n) is 4.94. The standard InChI is InChI=1S/C13H11BrN6S/c14-7-5-9-10(15)3-4-11(12(9)16-6-7)21-13-17-18-19-20(13)8-1-2-8/h3-6,8H,1-2,15H2. The first-order chi connectivity index (χ1) is 10.2. The SMILES string of the molecule is Nc1ccc(Sc2nnnn2C2CC2)c2ncc(Br)cc12. The summed E-state index contributed by atoms with van der Waals surface area (Å²) in [5, 5.41) is 13.7. The Labute approximate surface area is 133 Å². The number of rotatable bonds is 3. The van der Waals surface area contributed by atoms with Crippen molar-refractivity contribution in [3.8, 4) is 0 Å². The van der Waals surface area contributed by atoms with Crippen LogP contribution in [0, 0.1) is 0 Å². The third-order valence-electron chi connectivity index (χ3n) is 3.37. The number of anilines is 1. The summed E-state index contributed by atoms with van der Waals surface area (Å²) in [6, 6.07) is 6.29. The molecule has 0 aliphatic heterocycles. The fraction of sp³-hybridized carbons (Fsp3) is 0.231. The summed E-state index contributed by atoms with van der Waals surface area (Å²) in [6.07, 6.45) is 4.06. The van der Waals surface area contributed by atoms with Gasteiger partial charge >= 0.3 is 0 Å². The smallest absolute Gasteiger partial charge is 0.214 e. The number of hydrogen-bond acceptors (Lipinski definition) is 6. The zero-order chi connectivity index (χ0) is 14.4. The van der Waals surface area contributed by atoms with Gasteiger partial charge in [-0.1, -0.05) is 0 Å². The van der Waals surface area contributed by atoms with Gasteiger partial charge in [-0.15, -0.1) is 5.10 Å². The molecule has 0 amide bonds. The van der Waals surface area contributed by atoms with Crippen LogP contribution in [0.5, 0.6) is 0 Å². The van der Waals surface area contributed by atoms with Gasteiger partial charge in [0.25, 0.3) is 0 Å². The number of halogens is 1. The molecule has 2 heterocycles. The van der Waals surface area contributed by atoms with E-state index < -0.39 is 0 Å². The van der Waals surface area contributed by atoms with E-state index in [1.165, 1.54) is 11.8 Å². The molecule has 8 heteroatoms. The lowest BCUT2D eigenvalue weighted by Crippen LogP contribution is -1.99. The minimum absolute atomic E-state index is 0.449. The Balaban J connectivity index is 1.79. The minimum Gasteiger partial charge on any atom is -0.398 e. The van der Waals surface area contributed by atoms with Gasteiger partial charge in [0.15, 0.2) is 0 Å². The van der Waals surface area contributed by atoms with Crippen LogP contribution in [0.4, 0.5) is 5.69 Å². The third kappa shape index (κ3) is 2.38. The van der Waals surface area contributed by atoms with Crippen LogP contribution >= 0.6 is 27.7 Å². The molecule has 1 aliphatic carbocycles. The number of fused-ring (bicyclic) bond motifs is 1. The quantitative estimate of drug-likeness (QED) is 0.721. The summed E-state index contributed by atoms with van der Waals surface area (Å²) in [5.74, 6) is 0. The van der Waals surface area contributed by atoms with Crippen LogP contribution in [-0.2, 0) is 0 Å². The van der Waals surface area contributed by atoms with Crippen molar-refractivity contribution in [2.24, 2.45) is 0 Å².